The average Bonchev–Trinajstić information content (AvgIpc) is 2.34. The van der Waals surface area contributed by atoms with Gasteiger partial charge in [0.05, 0.1) is 6.54 Å². The lowest BCUT2D eigenvalue weighted by atomic mass is 9.95. The lowest BCUT2D eigenvalue weighted by Crippen LogP contribution is -2.42. The highest BCUT2D eigenvalue weighted by Gasteiger charge is 2.29. The molecule has 1 rings (SSSR count). The molecule has 3 N–H and O–H groups in total. The Bertz CT molecular complexity index is 531. The van der Waals surface area contributed by atoms with Gasteiger partial charge in [-0.15, -0.1) is 0 Å². The van der Waals surface area contributed by atoms with Gasteiger partial charge in [-0.3, -0.25) is 9.59 Å². The van der Waals surface area contributed by atoms with Crippen molar-refractivity contribution >= 4 is 11.9 Å². The van der Waals surface area contributed by atoms with E-state index in [0.29, 0.717) is 6.07 Å². The van der Waals surface area contributed by atoms with Crippen LogP contribution < -0.4 is 5.32 Å². The highest BCUT2D eigenvalue weighted by molar-refractivity contribution is 5.96. The summed E-state index contributed by atoms with van der Waals surface area (Å²) in [4.78, 5) is 22.0. The largest absolute Gasteiger partial charge is 0.481 e. The highest BCUT2D eigenvalue weighted by Crippen LogP contribution is 2.23. The smallest absolute Gasteiger partial charge is 0.315 e. The first kappa shape index (κ1) is 16.0. The van der Waals surface area contributed by atoms with E-state index >= 15 is 0 Å². The first-order valence-corrected chi connectivity index (χ1v) is 5.83. The molecular weight excluding hydrogens is 272 g/mol. The van der Waals surface area contributed by atoms with Crippen molar-refractivity contribution in [2.45, 2.75) is 19.4 Å². The standard InChI is InChI=1S/C13H15F2NO4/c1-7(12(18)19)11(17)16-6-13(2,20)9-4-3-8(14)5-10(9)15/h3-5,7,20H,6H2,1-2H3,(H,16,17)(H,18,19). The average molecular weight is 287 g/mol. The van der Waals surface area contributed by atoms with Crippen molar-refractivity contribution in [3.05, 3.63) is 35.4 Å². The van der Waals surface area contributed by atoms with Crippen LogP contribution in [0.4, 0.5) is 8.78 Å². The molecule has 0 fully saturated rings. The molecule has 0 aliphatic heterocycles. The molecule has 0 spiro atoms. The van der Waals surface area contributed by atoms with Crippen LogP contribution in [0.3, 0.4) is 0 Å². The molecule has 0 saturated carbocycles. The van der Waals surface area contributed by atoms with Gasteiger partial charge in [0, 0.05) is 11.6 Å². The Morgan fingerprint density at radius 2 is 2.00 bits per heavy atom. The van der Waals surface area contributed by atoms with E-state index in [-0.39, 0.29) is 5.56 Å². The normalized spacial score (nSPS) is 15.2. The summed E-state index contributed by atoms with van der Waals surface area (Å²) in [5.41, 5.74) is -1.98. The zero-order chi connectivity index (χ0) is 15.5. The third-order valence-electron chi connectivity index (χ3n) is 2.88. The van der Waals surface area contributed by atoms with Gasteiger partial charge >= 0.3 is 5.97 Å². The van der Waals surface area contributed by atoms with Crippen LogP contribution in [0, 0.1) is 17.6 Å². The Kier molecular flexibility index (Phi) is 4.78. The van der Waals surface area contributed by atoms with E-state index in [4.69, 9.17) is 5.11 Å². The molecule has 1 aromatic rings. The first-order valence-electron chi connectivity index (χ1n) is 5.83. The Morgan fingerprint density at radius 1 is 1.40 bits per heavy atom. The summed E-state index contributed by atoms with van der Waals surface area (Å²) in [6.45, 7) is 2.02. The predicted molar refractivity (Wildman–Crippen MR) is 65.7 cm³/mol. The predicted octanol–water partition coefficient (Wildman–Crippen LogP) is 1.01. The molecular formula is C13H15F2NO4. The van der Waals surface area contributed by atoms with Crippen molar-refractivity contribution in [3.63, 3.8) is 0 Å². The van der Waals surface area contributed by atoms with Crippen LogP contribution in [0.5, 0.6) is 0 Å². The minimum Gasteiger partial charge on any atom is -0.481 e. The number of amides is 1. The molecule has 2 unspecified atom stereocenters. The maximum absolute atomic E-state index is 13.6. The van der Waals surface area contributed by atoms with E-state index < -0.39 is 41.6 Å². The molecule has 110 valence electrons. The molecule has 0 saturated heterocycles. The topological polar surface area (TPSA) is 86.6 Å². The van der Waals surface area contributed by atoms with Crippen LogP contribution in [-0.2, 0) is 15.2 Å². The third-order valence-corrected chi connectivity index (χ3v) is 2.88. The summed E-state index contributed by atoms with van der Waals surface area (Å²) in [6, 6.07) is 2.66. The van der Waals surface area contributed by atoms with Gasteiger partial charge in [0.2, 0.25) is 5.91 Å². The third kappa shape index (κ3) is 3.74. The SMILES string of the molecule is CC(C(=O)O)C(=O)NCC(C)(O)c1ccc(F)cc1F. The number of aliphatic hydroxyl groups is 1. The summed E-state index contributed by atoms with van der Waals surface area (Å²) >= 11 is 0. The first-order chi connectivity index (χ1) is 9.15. The number of carbonyl (C=O) groups is 2. The molecule has 0 aliphatic carbocycles. The summed E-state index contributed by atoms with van der Waals surface area (Å²) in [5.74, 6) is -5.14. The van der Waals surface area contributed by atoms with Crippen molar-refractivity contribution in [3.8, 4) is 0 Å². The van der Waals surface area contributed by atoms with Crippen LogP contribution in [-0.4, -0.2) is 28.6 Å². The lowest BCUT2D eigenvalue weighted by molar-refractivity contribution is -0.146. The van der Waals surface area contributed by atoms with Gasteiger partial charge in [0.25, 0.3) is 0 Å². The molecule has 7 heteroatoms. The van der Waals surface area contributed by atoms with Crippen LogP contribution >= 0.6 is 0 Å². The quantitative estimate of drug-likeness (QED) is 0.705. The van der Waals surface area contributed by atoms with Gasteiger partial charge in [-0.2, -0.15) is 0 Å². The molecule has 2 atom stereocenters. The van der Waals surface area contributed by atoms with Crippen LogP contribution in [0.1, 0.15) is 19.4 Å². The number of carbonyl (C=O) groups excluding carboxylic acids is 1. The number of nitrogens with one attached hydrogen (secondary N) is 1. The fourth-order valence-electron chi connectivity index (χ4n) is 1.55. The molecule has 20 heavy (non-hydrogen) atoms. The van der Waals surface area contributed by atoms with Gasteiger partial charge < -0.3 is 15.5 Å². The van der Waals surface area contributed by atoms with E-state index in [2.05, 4.69) is 5.32 Å². The fourth-order valence-corrected chi connectivity index (χ4v) is 1.55. The Hall–Kier alpha value is -2.02. The summed E-state index contributed by atoms with van der Waals surface area (Å²) in [7, 11) is 0. The maximum atomic E-state index is 13.6. The van der Waals surface area contributed by atoms with Gasteiger partial charge in [-0.05, 0) is 19.9 Å². The fraction of sp³-hybridized carbons (Fsp3) is 0.385. The second kappa shape index (κ2) is 5.96. The van der Waals surface area contributed by atoms with E-state index in [1.165, 1.54) is 13.8 Å². The summed E-state index contributed by atoms with van der Waals surface area (Å²) < 4.78 is 26.3. The van der Waals surface area contributed by atoms with Crippen LogP contribution in [0.2, 0.25) is 0 Å². The lowest BCUT2D eigenvalue weighted by Gasteiger charge is -2.25. The Balaban J connectivity index is 2.80. The van der Waals surface area contributed by atoms with E-state index in [9.17, 15) is 23.5 Å². The molecule has 0 aliphatic rings. The van der Waals surface area contributed by atoms with Gasteiger partial charge in [0.1, 0.15) is 23.2 Å². The van der Waals surface area contributed by atoms with Crippen LogP contribution in [0.25, 0.3) is 0 Å². The van der Waals surface area contributed by atoms with Crippen molar-refractivity contribution < 1.29 is 28.6 Å². The van der Waals surface area contributed by atoms with Gasteiger partial charge in [-0.25, -0.2) is 8.78 Å². The zero-order valence-corrected chi connectivity index (χ0v) is 11.0. The molecule has 0 bridgehead atoms. The minimum atomic E-state index is -1.79. The van der Waals surface area contributed by atoms with Gasteiger partial charge in [-0.1, -0.05) is 6.07 Å². The number of hydrogen-bond donors (Lipinski definition) is 3. The number of carboxylic acid groups (broad SMARTS) is 1. The minimum absolute atomic E-state index is 0.192. The number of halogens is 2. The van der Waals surface area contributed by atoms with Crippen molar-refractivity contribution in [2.24, 2.45) is 5.92 Å². The number of carboxylic acids is 1. The summed E-state index contributed by atoms with van der Waals surface area (Å²) in [5, 5.41) is 21.0. The number of aliphatic carboxylic acids is 1. The molecule has 5 nitrogen and oxygen atoms in total. The summed E-state index contributed by atoms with van der Waals surface area (Å²) in [6.07, 6.45) is 0. The monoisotopic (exact) mass is 287 g/mol. The number of benzene rings is 1. The Labute approximate surface area is 114 Å². The molecule has 1 aromatic carbocycles. The molecule has 0 heterocycles. The van der Waals surface area contributed by atoms with Crippen molar-refractivity contribution in [1.82, 2.24) is 5.32 Å². The molecule has 1 amide bonds. The second-order valence-corrected chi connectivity index (χ2v) is 4.68. The molecule has 0 aromatic heterocycles. The zero-order valence-electron chi connectivity index (χ0n) is 11.0. The van der Waals surface area contributed by atoms with Crippen LogP contribution in [0.15, 0.2) is 18.2 Å². The van der Waals surface area contributed by atoms with E-state index in [1.54, 1.807) is 0 Å². The highest BCUT2D eigenvalue weighted by atomic mass is 19.1. The number of rotatable bonds is 5. The van der Waals surface area contributed by atoms with E-state index in [1.807, 2.05) is 0 Å². The second-order valence-electron chi connectivity index (χ2n) is 4.68. The van der Waals surface area contributed by atoms with E-state index in [0.717, 1.165) is 12.1 Å². The van der Waals surface area contributed by atoms with Crippen molar-refractivity contribution in [1.29, 1.82) is 0 Å². The maximum Gasteiger partial charge on any atom is 0.315 e. The molecule has 0 radical (unpaired) electrons. The number of hydrogen-bond acceptors (Lipinski definition) is 3. The Morgan fingerprint density at radius 3 is 2.50 bits per heavy atom. The van der Waals surface area contributed by atoms with Crippen molar-refractivity contribution in [2.75, 3.05) is 6.54 Å². The van der Waals surface area contributed by atoms with Gasteiger partial charge in [0.15, 0.2) is 0 Å².